The van der Waals surface area contributed by atoms with Crippen molar-refractivity contribution in [3.8, 4) is 0 Å². The second-order valence-electron chi connectivity index (χ2n) is 6.36. The molecule has 0 spiro atoms. The zero-order valence-electron chi connectivity index (χ0n) is 12.1. The van der Waals surface area contributed by atoms with Crippen molar-refractivity contribution in [2.45, 2.75) is 37.5 Å². The lowest BCUT2D eigenvalue weighted by atomic mass is 10.00. The van der Waals surface area contributed by atoms with Crippen LogP contribution in [0.1, 0.15) is 19.3 Å². The lowest BCUT2D eigenvalue weighted by molar-refractivity contribution is -0.141. The van der Waals surface area contributed by atoms with E-state index in [0.717, 1.165) is 12.8 Å². The molecule has 1 saturated carbocycles. The van der Waals surface area contributed by atoms with Crippen LogP contribution in [0.4, 0.5) is 4.79 Å². The molecule has 5 unspecified atom stereocenters. The van der Waals surface area contributed by atoms with Crippen molar-refractivity contribution in [1.29, 1.82) is 0 Å². The molecule has 2 aliphatic heterocycles. The molecule has 5 atom stereocenters. The van der Waals surface area contributed by atoms with Gasteiger partial charge in [-0.05, 0) is 18.8 Å². The van der Waals surface area contributed by atoms with E-state index < -0.39 is 12.0 Å². The first-order chi connectivity index (χ1) is 10.0. The number of carbonyl (C=O) groups excluding carboxylic acids is 1. The molecule has 0 aromatic carbocycles. The maximum absolute atomic E-state index is 12.6. The van der Waals surface area contributed by atoms with E-state index in [4.69, 9.17) is 4.74 Å². The molecule has 2 amide bonds. The molecule has 1 aliphatic carbocycles. The van der Waals surface area contributed by atoms with E-state index in [1.807, 2.05) is 0 Å². The minimum atomic E-state index is -0.984. The number of ether oxygens (including phenoxy) is 1. The van der Waals surface area contributed by atoms with Crippen LogP contribution < -0.4 is 0 Å². The molecule has 0 bridgehead atoms. The van der Waals surface area contributed by atoms with Crippen molar-refractivity contribution < 1.29 is 24.5 Å². The fraction of sp³-hybridized carbons (Fsp3) is 0.857. The highest BCUT2D eigenvalue weighted by atomic mass is 16.5. The second kappa shape index (κ2) is 5.46. The number of rotatable bonds is 2. The Morgan fingerprint density at radius 1 is 1.19 bits per heavy atom. The largest absolute Gasteiger partial charge is 0.480 e. The zero-order chi connectivity index (χ0) is 15.1. The predicted molar refractivity (Wildman–Crippen MR) is 72.7 cm³/mol. The number of carboxylic acid groups (broad SMARTS) is 1. The standard InChI is InChI=1S/C14H22N2O5/c1-21-9-4-11(13(18)19)16(6-9)14(20)15-5-8-2-3-12(17)10(8)7-15/h8-12,17H,2-7H2,1H3,(H,18,19). The highest BCUT2D eigenvalue weighted by Crippen LogP contribution is 2.38. The SMILES string of the molecule is COC1CC(C(=O)O)N(C(=O)N2CC3CCC(O)C3C2)C1. The number of aliphatic carboxylic acids is 1. The summed E-state index contributed by atoms with van der Waals surface area (Å²) in [4.78, 5) is 27.1. The van der Waals surface area contributed by atoms with Crippen LogP contribution in [0.25, 0.3) is 0 Å². The predicted octanol–water partition coefficient (Wildman–Crippen LogP) is -0.0170. The van der Waals surface area contributed by atoms with Gasteiger partial charge in [-0.2, -0.15) is 0 Å². The number of hydrogen-bond donors (Lipinski definition) is 2. The molecule has 3 aliphatic rings. The molecule has 7 nitrogen and oxygen atoms in total. The van der Waals surface area contributed by atoms with Crippen LogP contribution in [-0.2, 0) is 9.53 Å². The van der Waals surface area contributed by atoms with E-state index in [0.29, 0.717) is 32.0 Å². The summed E-state index contributed by atoms with van der Waals surface area (Å²) in [6.45, 7) is 1.48. The summed E-state index contributed by atoms with van der Waals surface area (Å²) < 4.78 is 5.21. The summed E-state index contributed by atoms with van der Waals surface area (Å²) in [5, 5.41) is 19.2. The Kier molecular flexibility index (Phi) is 3.79. The topological polar surface area (TPSA) is 90.3 Å². The number of aliphatic hydroxyl groups excluding tert-OH is 1. The maximum Gasteiger partial charge on any atom is 0.326 e. The van der Waals surface area contributed by atoms with Crippen molar-refractivity contribution in [2.24, 2.45) is 11.8 Å². The van der Waals surface area contributed by atoms with Crippen LogP contribution in [0.3, 0.4) is 0 Å². The van der Waals surface area contributed by atoms with Crippen molar-refractivity contribution >= 4 is 12.0 Å². The molecule has 2 heterocycles. The number of amides is 2. The number of likely N-dealkylation sites (tertiary alicyclic amines) is 2. The number of hydrogen-bond acceptors (Lipinski definition) is 4. The zero-order valence-corrected chi connectivity index (χ0v) is 12.1. The van der Waals surface area contributed by atoms with Gasteiger partial charge in [0.1, 0.15) is 6.04 Å². The van der Waals surface area contributed by atoms with E-state index in [2.05, 4.69) is 0 Å². The molecular weight excluding hydrogens is 276 g/mol. The van der Waals surface area contributed by atoms with Crippen molar-refractivity contribution in [3.05, 3.63) is 0 Å². The van der Waals surface area contributed by atoms with E-state index in [-0.39, 0.29) is 24.2 Å². The van der Waals surface area contributed by atoms with Crippen LogP contribution >= 0.6 is 0 Å². The highest BCUT2D eigenvalue weighted by Gasteiger charge is 2.47. The minimum Gasteiger partial charge on any atom is -0.480 e. The van der Waals surface area contributed by atoms with E-state index in [1.165, 1.54) is 12.0 Å². The summed E-state index contributed by atoms with van der Waals surface area (Å²) >= 11 is 0. The number of carbonyl (C=O) groups is 2. The van der Waals surface area contributed by atoms with Gasteiger partial charge in [0.15, 0.2) is 0 Å². The number of carboxylic acids is 1. The molecule has 7 heteroatoms. The average molecular weight is 298 g/mol. The monoisotopic (exact) mass is 298 g/mol. The Bertz CT molecular complexity index is 443. The third-order valence-electron chi connectivity index (χ3n) is 5.22. The fourth-order valence-electron chi connectivity index (χ4n) is 3.99. The number of nitrogens with zero attached hydrogens (tertiary/aromatic N) is 2. The molecule has 118 valence electrons. The molecule has 0 radical (unpaired) electrons. The van der Waals surface area contributed by atoms with Crippen LogP contribution in [0.5, 0.6) is 0 Å². The Labute approximate surface area is 123 Å². The summed E-state index contributed by atoms with van der Waals surface area (Å²) in [5.74, 6) is -0.478. The first-order valence-electron chi connectivity index (χ1n) is 7.50. The third-order valence-corrected chi connectivity index (χ3v) is 5.22. The Morgan fingerprint density at radius 3 is 2.57 bits per heavy atom. The molecule has 2 N–H and O–H groups in total. The van der Waals surface area contributed by atoms with E-state index in [1.54, 1.807) is 4.90 Å². The van der Waals surface area contributed by atoms with Gasteiger partial charge in [-0.3, -0.25) is 0 Å². The van der Waals surface area contributed by atoms with Crippen molar-refractivity contribution in [1.82, 2.24) is 9.80 Å². The molecule has 0 aromatic rings. The van der Waals surface area contributed by atoms with Gasteiger partial charge in [0.05, 0.1) is 12.2 Å². The van der Waals surface area contributed by atoms with Crippen LogP contribution in [0, 0.1) is 11.8 Å². The van der Waals surface area contributed by atoms with Gasteiger partial charge in [-0.15, -0.1) is 0 Å². The molecule has 3 rings (SSSR count). The summed E-state index contributed by atoms with van der Waals surface area (Å²) in [6, 6.07) is -1.05. The molecular formula is C14H22N2O5. The van der Waals surface area contributed by atoms with Gasteiger partial charge < -0.3 is 24.7 Å². The third kappa shape index (κ3) is 2.48. The van der Waals surface area contributed by atoms with Gasteiger partial charge in [0, 0.05) is 39.1 Å². The van der Waals surface area contributed by atoms with Crippen molar-refractivity contribution in [2.75, 3.05) is 26.7 Å². The quantitative estimate of drug-likeness (QED) is 0.748. The number of urea groups is 1. The van der Waals surface area contributed by atoms with Gasteiger partial charge in [-0.1, -0.05) is 0 Å². The van der Waals surface area contributed by atoms with Gasteiger partial charge in [-0.25, -0.2) is 9.59 Å². The van der Waals surface area contributed by atoms with E-state index >= 15 is 0 Å². The summed E-state index contributed by atoms with van der Waals surface area (Å²) in [6.07, 6.45) is 1.54. The second-order valence-corrected chi connectivity index (χ2v) is 6.36. The Morgan fingerprint density at radius 2 is 1.95 bits per heavy atom. The number of aliphatic hydroxyl groups is 1. The first kappa shape index (κ1) is 14.6. The first-order valence-corrected chi connectivity index (χ1v) is 7.50. The average Bonchev–Trinajstić information content (AvgIpc) is 3.13. The summed E-state index contributed by atoms with van der Waals surface area (Å²) in [5.41, 5.74) is 0. The van der Waals surface area contributed by atoms with Gasteiger partial charge in [0.25, 0.3) is 0 Å². The minimum absolute atomic E-state index is 0.151. The highest BCUT2D eigenvalue weighted by molar-refractivity contribution is 5.83. The smallest absolute Gasteiger partial charge is 0.326 e. The molecule has 0 aromatic heterocycles. The van der Waals surface area contributed by atoms with Crippen LogP contribution in [0.15, 0.2) is 0 Å². The lowest BCUT2D eigenvalue weighted by Gasteiger charge is -2.28. The Balaban J connectivity index is 1.69. The van der Waals surface area contributed by atoms with E-state index in [9.17, 15) is 19.8 Å². The number of fused-ring (bicyclic) bond motifs is 1. The Hall–Kier alpha value is -1.34. The normalized spacial score (nSPS) is 38.9. The van der Waals surface area contributed by atoms with Crippen molar-refractivity contribution in [3.63, 3.8) is 0 Å². The number of methoxy groups -OCH3 is 1. The maximum atomic E-state index is 12.6. The van der Waals surface area contributed by atoms with Crippen LogP contribution in [-0.4, -0.2) is 77.0 Å². The summed E-state index contributed by atoms with van der Waals surface area (Å²) in [7, 11) is 1.54. The van der Waals surface area contributed by atoms with Gasteiger partial charge in [0.2, 0.25) is 0 Å². The molecule has 2 saturated heterocycles. The fourth-order valence-corrected chi connectivity index (χ4v) is 3.99. The molecule has 3 fully saturated rings. The molecule has 21 heavy (non-hydrogen) atoms. The van der Waals surface area contributed by atoms with Crippen LogP contribution in [0.2, 0.25) is 0 Å². The lowest BCUT2D eigenvalue weighted by Crippen LogP contribution is -2.48. The van der Waals surface area contributed by atoms with Gasteiger partial charge >= 0.3 is 12.0 Å².